The molecule has 0 atom stereocenters. The van der Waals surface area contributed by atoms with E-state index in [4.69, 9.17) is 0 Å². The molecule has 3 rings (SSSR count). The van der Waals surface area contributed by atoms with E-state index in [0.29, 0.717) is 16.9 Å². The van der Waals surface area contributed by atoms with Crippen LogP contribution in [0, 0.1) is 6.92 Å². The zero-order chi connectivity index (χ0) is 21.5. The highest BCUT2D eigenvalue weighted by Crippen LogP contribution is 2.20. The monoisotopic (exact) mass is 465 g/mol. The fraction of sp³-hybridized carbons (Fsp3) is 0.0870. The SMILES string of the molecule is Cc1cc(Br)ccc1NC(=O)CNC(=O)c1ccccc1NC(=O)c1ccccc1. The second kappa shape index (κ2) is 9.84. The van der Waals surface area contributed by atoms with Crippen LogP contribution in [0.5, 0.6) is 0 Å². The van der Waals surface area contributed by atoms with Crippen LogP contribution < -0.4 is 16.0 Å². The molecule has 3 aromatic carbocycles. The maximum Gasteiger partial charge on any atom is 0.255 e. The molecule has 0 saturated heterocycles. The molecule has 0 unspecified atom stereocenters. The molecule has 152 valence electrons. The van der Waals surface area contributed by atoms with Crippen LogP contribution in [0.15, 0.2) is 77.3 Å². The molecule has 3 N–H and O–H groups in total. The maximum atomic E-state index is 12.6. The summed E-state index contributed by atoms with van der Waals surface area (Å²) in [7, 11) is 0. The van der Waals surface area contributed by atoms with Gasteiger partial charge in [0.05, 0.1) is 17.8 Å². The van der Waals surface area contributed by atoms with Gasteiger partial charge in [0.1, 0.15) is 0 Å². The first kappa shape index (κ1) is 21.3. The van der Waals surface area contributed by atoms with E-state index in [0.717, 1.165) is 10.0 Å². The Morgan fingerprint density at radius 2 is 1.50 bits per heavy atom. The van der Waals surface area contributed by atoms with Crippen molar-refractivity contribution in [3.8, 4) is 0 Å². The van der Waals surface area contributed by atoms with E-state index in [2.05, 4.69) is 31.9 Å². The first-order valence-electron chi connectivity index (χ1n) is 9.23. The Kier molecular flexibility index (Phi) is 6.98. The standard InChI is InChI=1S/C23H20BrN3O3/c1-15-13-17(24)11-12-19(15)26-21(28)14-25-23(30)18-9-5-6-10-20(18)27-22(29)16-7-3-2-4-8-16/h2-13H,14H2,1H3,(H,25,30)(H,26,28)(H,27,29). The minimum atomic E-state index is -0.457. The minimum Gasteiger partial charge on any atom is -0.343 e. The van der Waals surface area contributed by atoms with Crippen LogP contribution in [0.3, 0.4) is 0 Å². The summed E-state index contributed by atoms with van der Waals surface area (Å²) in [4.78, 5) is 37.2. The largest absolute Gasteiger partial charge is 0.343 e. The fourth-order valence-electron chi connectivity index (χ4n) is 2.79. The van der Waals surface area contributed by atoms with Gasteiger partial charge in [-0.1, -0.05) is 46.3 Å². The third-order valence-corrected chi connectivity index (χ3v) is 4.82. The molecule has 0 bridgehead atoms. The normalized spacial score (nSPS) is 10.2. The lowest BCUT2D eigenvalue weighted by Gasteiger charge is -2.12. The summed E-state index contributed by atoms with van der Waals surface area (Å²) in [5, 5.41) is 8.10. The summed E-state index contributed by atoms with van der Waals surface area (Å²) in [5.41, 5.74) is 2.70. The van der Waals surface area contributed by atoms with Gasteiger partial charge in [0.25, 0.3) is 11.8 Å². The number of para-hydroxylation sites is 1. The van der Waals surface area contributed by atoms with Crippen molar-refractivity contribution in [2.24, 2.45) is 0 Å². The van der Waals surface area contributed by atoms with E-state index < -0.39 is 5.91 Å². The Bertz CT molecular complexity index is 1080. The molecular formula is C23H20BrN3O3. The van der Waals surface area contributed by atoms with E-state index in [1.807, 2.05) is 25.1 Å². The van der Waals surface area contributed by atoms with Crippen molar-refractivity contribution in [1.82, 2.24) is 5.32 Å². The number of carbonyl (C=O) groups excluding carboxylic acids is 3. The molecule has 0 fully saturated rings. The van der Waals surface area contributed by atoms with Crippen LogP contribution in [0.1, 0.15) is 26.3 Å². The molecule has 0 spiro atoms. The van der Waals surface area contributed by atoms with Crippen molar-refractivity contribution in [2.75, 3.05) is 17.2 Å². The summed E-state index contributed by atoms with van der Waals surface area (Å²) < 4.78 is 0.917. The maximum absolute atomic E-state index is 12.6. The average Bonchev–Trinajstić information content (AvgIpc) is 2.75. The number of anilines is 2. The van der Waals surface area contributed by atoms with E-state index in [1.165, 1.54) is 0 Å². The minimum absolute atomic E-state index is 0.199. The number of amides is 3. The summed E-state index contributed by atoms with van der Waals surface area (Å²) in [5.74, 6) is -1.12. The molecule has 0 aliphatic carbocycles. The van der Waals surface area contributed by atoms with Crippen LogP contribution >= 0.6 is 15.9 Å². The van der Waals surface area contributed by atoms with Crippen LogP contribution in [0.25, 0.3) is 0 Å². The van der Waals surface area contributed by atoms with Crippen LogP contribution in [0.2, 0.25) is 0 Å². The number of rotatable bonds is 6. The van der Waals surface area contributed by atoms with Gasteiger partial charge in [-0.25, -0.2) is 0 Å². The number of carbonyl (C=O) groups is 3. The second-order valence-corrected chi connectivity index (χ2v) is 7.47. The third kappa shape index (κ3) is 5.55. The predicted octanol–water partition coefficient (Wildman–Crippen LogP) is 4.38. The van der Waals surface area contributed by atoms with Gasteiger partial charge >= 0.3 is 0 Å². The number of nitrogens with one attached hydrogen (secondary N) is 3. The first-order chi connectivity index (χ1) is 14.4. The smallest absolute Gasteiger partial charge is 0.255 e. The molecule has 0 radical (unpaired) electrons. The van der Waals surface area contributed by atoms with Gasteiger partial charge < -0.3 is 16.0 Å². The molecule has 3 aromatic rings. The van der Waals surface area contributed by atoms with Crippen LogP contribution in [-0.4, -0.2) is 24.3 Å². The highest BCUT2D eigenvalue weighted by atomic mass is 79.9. The Morgan fingerprint density at radius 3 is 2.23 bits per heavy atom. The fourth-order valence-corrected chi connectivity index (χ4v) is 3.27. The van der Waals surface area contributed by atoms with E-state index in [9.17, 15) is 14.4 Å². The van der Waals surface area contributed by atoms with Crippen molar-refractivity contribution in [3.63, 3.8) is 0 Å². The summed E-state index contributed by atoms with van der Waals surface area (Å²) in [6.45, 7) is 1.68. The van der Waals surface area contributed by atoms with Crippen LogP contribution in [-0.2, 0) is 4.79 Å². The van der Waals surface area contributed by atoms with E-state index in [-0.39, 0.29) is 23.9 Å². The molecule has 30 heavy (non-hydrogen) atoms. The predicted molar refractivity (Wildman–Crippen MR) is 121 cm³/mol. The average molecular weight is 466 g/mol. The van der Waals surface area contributed by atoms with Gasteiger partial charge in [0, 0.05) is 15.7 Å². The number of aryl methyl sites for hydroxylation is 1. The van der Waals surface area contributed by atoms with Gasteiger partial charge in [-0.2, -0.15) is 0 Å². The molecule has 0 saturated carbocycles. The summed E-state index contributed by atoms with van der Waals surface area (Å²) in [6, 6.07) is 20.9. The van der Waals surface area contributed by atoms with Gasteiger partial charge in [-0.05, 0) is 55.0 Å². The van der Waals surface area contributed by atoms with Crippen molar-refractivity contribution >= 4 is 45.0 Å². The van der Waals surface area contributed by atoms with Gasteiger partial charge in [-0.3, -0.25) is 14.4 Å². The second-order valence-electron chi connectivity index (χ2n) is 6.56. The quantitative estimate of drug-likeness (QED) is 0.504. The molecule has 7 heteroatoms. The van der Waals surface area contributed by atoms with Gasteiger partial charge in [0.15, 0.2) is 0 Å². The molecule has 6 nitrogen and oxygen atoms in total. The molecule has 0 aliphatic rings. The van der Waals surface area contributed by atoms with Crippen molar-refractivity contribution in [3.05, 3.63) is 94.0 Å². The molecule has 0 heterocycles. The lowest BCUT2D eigenvalue weighted by Crippen LogP contribution is -2.33. The van der Waals surface area contributed by atoms with E-state index >= 15 is 0 Å². The van der Waals surface area contributed by atoms with Crippen molar-refractivity contribution < 1.29 is 14.4 Å². The summed E-state index contributed by atoms with van der Waals surface area (Å²) in [6.07, 6.45) is 0. The third-order valence-electron chi connectivity index (χ3n) is 4.33. The Balaban J connectivity index is 1.63. The van der Waals surface area contributed by atoms with Gasteiger partial charge in [-0.15, -0.1) is 0 Å². The lowest BCUT2D eigenvalue weighted by atomic mass is 10.1. The molecule has 0 aromatic heterocycles. The van der Waals surface area contributed by atoms with Gasteiger partial charge in [0.2, 0.25) is 5.91 Å². The Morgan fingerprint density at radius 1 is 0.800 bits per heavy atom. The number of hydrogen-bond donors (Lipinski definition) is 3. The highest BCUT2D eigenvalue weighted by Gasteiger charge is 2.15. The first-order valence-corrected chi connectivity index (χ1v) is 10.0. The molecule has 0 aliphatic heterocycles. The Hall–Kier alpha value is -3.45. The summed E-state index contributed by atoms with van der Waals surface area (Å²) >= 11 is 3.38. The van der Waals surface area contributed by atoms with Crippen molar-refractivity contribution in [1.29, 1.82) is 0 Å². The number of halogens is 1. The zero-order valence-corrected chi connectivity index (χ0v) is 17.8. The molecule has 3 amide bonds. The lowest BCUT2D eigenvalue weighted by molar-refractivity contribution is -0.115. The topological polar surface area (TPSA) is 87.3 Å². The number of hydrogen-bond acceptors (Lipinski definition) is 3. The zero-order valence-electron chi connectivity index (χ0n) is 16.2. The van der Waals surface area contributed by atoms with E-state index in [1.54, 1.807) is 54.6 Å². The Labute approximate surface area is 182 Å². The number of benzene rings is 3. The molecular weight excluding hydrogens is 446 g/mol. The highest BCUT2D eigenvalue weighted by molar-refractivity contribution is 9.10. The van der Waals surface area contributed by atoms with Crippen LogP contribution in [0.4, 0.5) is 11.4 Å². The van der Waals surface area contributed by atoms with Crippen molar-refractivity contribution in [2.45, 2.75) is 6.92 Å².